The first kappa shape index (κ1) is 17.8. The minimum atomic E-state index is 0.362. The monoisotopic (exact) mass is 343 g/mol. The Bertz CT molecular complexity index is 795. The number of benzene rings is 3. The molecule has 2 heteroatoms. The second-order valence-electron chi connectivity index (χ2n) is 6.55. The molecule has 0 aromatic heterocycles. The Morgan fingerprint density at radius 2 is 1.31 bits per heavy atom. The van der Waals surface area contributed by atoms with Crippen LogP contribution >= 0.6 is 0 Å². The van der Waals surface area contributed by atoms with Crippen LogP contribution in [0.3, 0.4) is 0 Å². The van der Waals surface area contributed by atoms with E-state index in [9.17, 15) is 5.11 Å². The smallest absolute Gasteiger partial charge is 0.0855 e. The molecule has 0 unspecified atom stereocenters. The lowest BCUT2D eigenvalue weighted by atomic mass is 10.1. The van der Waals surface area contributed by atoms with Gasteiger partial charge in [0.1, 0.15) is 0 Å². The van der Waals surface area contributed by atoms with Crippen molar-refractivity contribution in [2.24, 2.45) is 0 Å². The van der Waals surface area contributed by atoms with E-state index in [-0.39, 0.29) is 0 Å². The third-order valence-corrected chi connectivity index (χ3v) is 4.34. The van der Waals surface area contributed by atoms with Crippen molar-refractivity contribution in [3.63, 3.8) is 0 Å². The number of aliphatic hydroxyl groups is 1. The molecular weight excluding hydrogens is 318 g/mol. The molecule has 1 N–H and O–H groups in total. The zero-order valence-electron chi connectivity index (χ0n) is 15.2. The lowest BCUT2D eigenvalue weighted by molar-refractivity contribution is 0.412. The highest BCUT2D eigenvalue weighted by Crippen LogP contribution is 2.22. The Balaban J connectivity index is 1.87. The van der Waals surface area contributed by atoms with Crippen molar-refractivity contribution in [1.29, 1.82) is 0 Å². The molecule has 0 aliphatic rings. The second-order valence-corrected chi connectivity index (χ2v) is 6.55. The molecule has 132 valence electrons. The van der Waals surface area contributed by atoms with Crippen molar-refractivity contribution in [2.75, 3.05) is 4.90 Å². The molecule has 0 radical (unpaired) electrons. The van der Waals surface area contributed by atoms with Crippen LogP contribution in [0.15, 0.2) is 96.8 Å². The number of allylic oxidation sites excluding steroid dienone is 2. The van der Waals surface area contributed by atoms with Gasteiger partial charge in [-0.2, -0.15) is 0 Å². The van der Waals surface area contributed by atoms with Crippen molar-refractivity contribution >= 4 is 5.69 Å². The summed E-state index contributed by atoms with van der Waals surface area (Å²) in [5.41, 5.74) is 4.97. The maximum atomic E-state index is 9.43. The minimum absolute atomic E-state index is 0.362. The third kappa shape index (κ3) is 5.25. The zero-order chi connectivity index (χ0) is 18.2. The molecule has 3 aromatic carbocycles. The minimum Gasteiger partial charge on any atom is -0.513 e. The van der Waals surface area contributed by atoms with Crippen LogP contribution in [0.5, 0.6) is 0 Å². The van der Waals surface area contributed by atoms with E-state index in [1.807, 2.05) is 6.08 Å². The summed E-state index contributed by atoms with van der Waals surface area (Å²) >= 11 is 0. The van der Waals surface area contributed by atoms with E-state index in [0.29, 0.717) is 5.76 Å². The lowest BCUT2D eigenvalue weighted by Crippen LogP contribution is -2.22. The Hall–Kier alpha value is -3.00. The molecule has 0 spiro atoms. The van der Waals surface area contributed by atoms with Crippen LogP contribution in [0.1, 0.15) is 23.6 Å². The van der Waals surface area contributed by atoms with Gasteiger partial charge in [-0.3, -0.25) is 0 Å². The molecule has 0 amide bonds. The molecule has 3 rings (SSSR count). The van der Waals surface area contributed by atoms with Gasteiger partial charge in [0.15, 0.2) is 0 Å². The number of nitrogens with zero attached hydrogens (tertiary/aromatic N) is 1. The van der Waals surface area contributed by atoms with Crippen LogP contribution in [0.4, 0.5) is 5.69 Å². The van der Waals surface area contributed by atoms with Gasteiger partial charge in [-0.1, -0.05) is 72.8 Å². The highest BCUT2D eigenvalue weighted by Gasteiger charge is 2.09. The average Bonchev–Trinajstić information content (AvgIpc) is 2.68. The van der Waals surface area contributed by atoms with E-state index in [1.54, 1.807) is 6.92 Å². The van der Waals surface area contributed by atoms with Crippen LogP contribution in [0, 0.1) is 0 Å². The van der Waals surface area contributed by atoms with Gasteiger partial charge in [-0.05, 0) is 48.2 Å². The molecule has 0 aliphatic carbocycles. The standard InChI is InChI=1S/C24H25NO/c1-20(26)15-16-21-13-8-14-24(17-21)25(18-22-9-4-2-5-10-22)19-23-11-6-3-7-12-23/h2-15,17,26H,16,18-19H2,1H3. The van der Waals surface area contributed by atoms with Crippen molar-refractivity contribution in [3.8, 4) is 0 Å². The van der Waals surface area contributed by atoms with Crippen molar-refractivity contribution in [1.82, 2.24) is 0 Å². The maximum absolute atomic E-state index is 9.43. The quantitative estimate of drug-likeness (QED) is 0.540. The average molecular weight is 343 g/mol. The van der Waals surface area contributed by atoms with Gasteiger partial charge in [0.2, 0.25) is 0 Å². The molecule has 0 fully saturated rings. The molecule has 0 aliphatic heterocycles. The first-order chi connectivity index (χ1) is 12.7. The fourth-order valence-electron chi connectivity index (χ4n) is 2.99. The lowest BCUT2D eigenvalue weighted by Gasteiger charge is -2.26. The third-order valence-electron chi connectivity index (χ3n) is 4.34. The van der Waals surface area contributed by atoms with Crippen LogP contribution in [-0.2, 0) is 19.5 Å². The van der Waals surface area contributed by atoms with E-state index in [1.165, 1.54) is 22.4 Å². The Morgan fingerprint density at radius 1 is 0.769 bits per heavy atom. The highest BCUT2D eigenvalue weighted by molar-refractivity contribution is 5.50. The predicted octanol–water partition coefficient (Wildman–Crippen LogP) is 5.90. The summed E-state index contributed by atoms with van der Waals surface area (Å²) in [6.07, 6.45) is 2.58. The fraction of sp³-hybridized carbons (Fsp3) is 0.167. The van der Waals surface area contributed by atoms with E-state index < -0.39 is 0 Å². The van der Waals surface area contributed by atoms with Gasteiger partial charge in [-0.25, -0.2) is 0 Å². The molecule has 0 saturated carbocycles. The summed E-state index contributed by atoms with van der Waals surface area (Å²) < 4.78 is 0. The van der Waals surface area contributed by atoms with Gasteiger partial charge >= 0.3 is 0 Å². The summed E-state index contributed by atoms with van der Waals surface area (Å²) in [4.78, 5) is 2.39. The summed E-state index contributed by atoms with van der Waals surface area (Å²) in [5, 5.41) is 9.43. The number of anilines is 1. The fourth-order valence-corrected chi connectivity index (χ4v) is 2.99. The largest absolute Gasteiger partial charge is 0.513 e. The summed E-state index contributed by atoms with van der Waals surface area (Å²) in [5.74, 6) is 0.362. The summed E-state index contributed by atoms with van der Waals surface area (Å²) in [6.45, 7) is 3.42. The maximum Gasteiger partial charge on any atom is 0.0855 e. The van der Waals surface area contributed by atoms with Crippen LogP contribution in [-0.4, -0.2) is 5.11 Å². The van der Waals surface area contributed by atoms with Crippen molar-refractivity contribution in [2.45, 2.75) is 26.4 Å². The van der Waals surface area contributed by atoms with Crippen molar-refractivity contribution < 1.29 is 5.11 Å². The molecule has 3 aromatic rings. The van der Waals surface area contributed by atoms with Gasteiger partial charge in [0, 0.05) is 18.8 Å². The van der Waals surface area contributed by atoms with E-state index in [4.69, 9.17) is 0 Å². The van der Waals surface area contributed by atoms with Gasteiger partial charge in [-0.15, -0.1) is 0 Å². The number of hydrogen-bond donors (Lipinski definition) is 1. The van der Waals surface area contributed by atoms with Gasteiger partial charge in [0.25, 0.3) is 0 Å². The molecule has 0 saturated heterocycles. The first-order valence-electron chi connectivity index (χ1n) is 8.98. The number of rotatable bonds is 7. The number of aliphatic hydroxyl groups excluding tert-OH is 1. The highest BCUT2D eigenvalue weighted by atomic mass is 16.3. The Kier molecular flexibility index (Phi) is 6.10. The summed E-state index contributed by atoms with van der Waals surface area (Å²) in [6, 6.07) is 29.7. The first-order valence-corrected chi connectivity index (χ1v) is 8.98. The van der Waals surface area contributed by atoms with E-state index >= 15 is 0 Å². The molecule has 26 heavy (non-hydrogen) atoms. The SMILES string of the molecule is CC(O)=CCc1cccc(N(Cc2ccccc2)Cc2ccccc2)c1. The Labute approximate surface area is 156 Å². The summed E-state index contributed by atoms with van der Waals surface area (Å²) in [7, 11) is 0. The predicted molar refractivity (Wildman–Crippen MR) is 109 cm³/mol. The van der Waals surface area contributed by atoms with Crippen LogP contribution in [0.25, 0.3) is 0 Å². The second kappa shape index (κ2) is 8.91. The zero-order valence-corrected chi connectivity index (χ0v) is 15.2. The normalized spacial score (nSPS) is 11.3. The van der Waals surface area contributed by atoms with E-state index in [2.05, 4.69) is 89.8 Å². The Morgan fingerprint density at radius 3 is 1.85 bits per heavy atom. The molecule has 0 heterocycles. The van der Waals surface area contributed by atoms with Crippen LogP contribution in [0.2, 0.25) is 0 Å². The van der Waals surface area contributed by atoms with Gasteiger partial charge in [0.05, 0.1) is 5.76 Å². The van der Waals surface area contributed by atoms with E-state index in [0.717, 1.165) is 19.5 Å². The van der Waals surface area contributed by atoms with Gasteiger partial charge < -0.3 is 10.0 Å². The van der Waals surface area contributed by atoms with Crippen LogP contribution < -0.4 is 4.90 Å². The molecule has 2 nitrogen and oxygen atoms in total. The molecular formula is C24H25NO. The topological polar surface area (TPSA) is 23.5 Å². The number of hydrogen-bond acceptors (Lipinski definition) is 2. The molecule has 0 atom stereocenters. The molecule has 0 bridgehead atoms. The van der Waals surface area contributed by atoms with Crippen molar-refractivity contribution in [3.05, 3.63) is 113 Å².